The Kier molecular flexibility index (Phi) is 3.94. The van der Waals surface area contributed by atoms with Gasteiger partial charge in [-0.3, -0.25) is 19.3 Å². The standard InChI is InChI=1S/C20H16N6O3/c27-17(11-25-19(28)15-3-1-2-4-16(15)20(25)29)21-13-7-5-12(6-8-13)18-22-23-24-26(18)14-9-10-14/h1-8,14H,9-11H2,(H,21,27). The van der Waals surface area contributed by atoms with E-state index >= 15 is 0 Å². The van der Waals surface area contributed by atoms with Crippen molar-refractivity contribution in [3.05, 3.63) is 59.7 Å². The Labute approximate surface area is 165 Å². The molecule has 1 N–H and O–H groups in total. The maximum atomic E-state index is 12.4. The van der Waals surface area contributed by atoms with Crippen molar-refractivity contribution in [1.29, 1.82) is 0 Å². The fourth-order valence-electron chi connectivity index (χ4n) is 3.38. The first-order chi connectivity index (χ1) is 14.1. The normalized spacial score (nSPS) is 15.5. The van der Waals surface area contributed by atoms with Crippen LogP contribution in [0.4, 0.5) is 5.69 Å². The smallest absolute Gasteiger partial charge is 0.262 e. The fourth-order valence-corrected chi connectivity index (χ4v) is 3.38. The predicted molar refractivity (Wildman–Crippen MR) is 102 cm³/mol. The topological polar surface area (TPSA) is 110 Å². The van der Waals surface area contributed by atoms with Crippen molar-refractivity contribution in [2.75, 3.05) is 11.9 Å². The molecule has 3 amide bonds. The molecule has 2 aliphatic rings. The maximum absolute atomic E-state index is 12.4. The number of carbonyl (C=O) groups excluding carboxylic acids is 3. The molecule has 5 rings (SSSR count). The van der Waals surface area contributed by atoms with Crippen LogP contribution in [0.3, 0.4) is 0 Å². The zero-order chi connectivity index (χ0) is 20.0. The van der Waals surface area contributed by atoms with Gasteiger partial charge in [-0.05, 0) is 59.7 Å². The molecule has 2 heterocycles. The fraction of sp³-hybridized carbons (Fsp3) is 0.200. The minimum atomic E-state index is -0.456. The lowest BCUT2D eigenvalue weighted by atomic mass is 10.1. The number of hydrogen-bond acceptors (Lipinski definition) is 6. The summed E-state index contributed by atoms with van der Waals surface area (Å²) in [4.78, 5) is 38.1. The first-order valence-electron chi connectivity index (χ1n) is 9.25. The van der Waals surface area contributed by atoms with Crippen molar-refractivity contribution in [3.8, 4) is 11.4 Å². The molecule has 0 radical (unpaired) electrons. The molecule has 0 unspecified atom stereocenters. The van der Waals surface area contributed by atoms with E-state index in [1.54, 1.807) is 36.4 Å². The minimum Gasteiger partial charge on any atom is -0.325 e. The lowest BCUT2D eigenvalue weighted by Crippen LogP contribution is -2.37. The number of nitrogens with one attached hydrogen (secondary N) is 1. The number of fused-ring (bicyclic) bond motifs is 1. The van der Waals surface area contributed by atoms with Gasteiger partial charge in [0.05, 0.1) is 17.2 Å². The number of imide groups is 1. The van der Waals surface area contributed by atoms with E-state index in [0.29, 0.717) is 28.7 Å². The van der Waals surface area contributed by atoms with Crippen molar-refractivity contribution in [2.45, 2.75) is 18.9 Å². The lowest BCUT2D eigenvalue weighted by molar-refractivity contribution is -0.116. The van der Waals surface area contributed by atoms with Crippen LogP contribution in [0.15, 0.2) is 48.5 Å². The minimum absolute atomic E-state index is 0.322. The Morgan fingerprint density at radius 1 is 1.00 bits per heavy atom. The molecule has 0 spiro atoms. The Morgan fingerprint density at radius 3 is 2.28 bits per heavy atom. The predicted octanol–water partition coefficient (Wildman–Crippen LogP) is 1.91. The number of nitrogens with zero attached hydrogens (tertiary/aromatic N) is 5. The van der Waals surface area contributed by atoms with Gasteiger partial charge in [0.25, 0.3) is 11.8 Å². The van der Waals surface area contributed by atoms with Crippen LogP contribution >= 0.6 is 0 Å². The third-order valence-electron chi connectivity index (χ3n) is 4.99. The zero-order valence-corrected chi connectivity index (χ0v) is 15.3. The number of anilines is 1. The molecule has 144 valence electrons. The molecule has 29 heavy (non-hydrogen) atoms. The highest BCUT2D eigenvalue weighted by Gasteiger charge is 2.36. The summed E-state index contributed by atoms with van der Waals surface area (Å²) in [5.74, 6) is -0.669. The van der Waals surface area contributed by atoms with Crippen LogP contribution < -0.4 is 5.32 Å². The largest absolute Gasteiger partial charge is 0.325 e. The Bertz CT molecular complexity index is 1100. The summed E-state index contributed by atoms with van der Waals surface area (Å²) in [5, 5.41) is 14.6. The summed E-state index contributed by atoms with van der Waals surface area (Å²) in [6.45, 7) is -0.339. The Balaban J connectivity index is 1.26. The van der Waals surface area contributed by atoms with Crippen LogP contribution in [0.2, 0.25) is 0 Å². The number of tetrazole rings is 1. The van der Waals surface area contributed by atoms with Gasteiger partial charge in [-0.2, -0.15) is 0 Å². The van der Waals surface area contributed by atoms with Crippen LogP contribution in [0.25, 0.3) is 11.4 Å². The van der Waals surface area contributed by atoms with Crippen LogP contribution in [0, 0.1) is 0 Å². The average Bonchev–Trinajstić information content (AvgIpc) is 3.42. The van der Waals surface area contributed by atoms with E-state index in [2.05, 4.69) is 20.8 Å². The Hall–Kier alpha value is -3.88. The number of amides is 3. The van der Waals surface area contributed by atoms with E-state index < -0.39 is 17.7 Å². The number of aromatic nitrogens is 4. The molecule has 0 bridgehead atoms. The van der Waals surface area contributed by atoms with Gasteiger partial charge < -0.3 is 5.32 Å². The van der Waals surface area contributed by atoms with E-state index in [4.69, 9.17) is 0 Å². The first kappa shape index (κ1) is 17.2. The van der Waals surface area contributed by atoms with Gasteiger partial charge in [0.2, 0.25) is 5.91 Å². The molecule has 3 aromatic rings. The van der Waals surface area contributed by atoms with Gasteiger partial charge in [-0.25, -0.2) is 4.68 Å². The highest BCUT2D eigenvalue weighted by atomic mass is 16.2. The molecule has 9 nitrogen and oxygen atoms in total. The number of carbonyl (C=O) groups is 3. The van der Waals surface area contributed by atoms with Crippen LogP contribution in [0.1, 0.15) is 39.6 Å². The number of hydrogen-bond donors (Lipinski definition) is 1. The molecule has 1 aromatic heterocycles. The molecule has 0 atom stereocenters. The number of benzene rings is 2. The molecule has 1 aliphatic carbocycles. The van der Waals surface area contributed by atoms with Crippen molar-refractivity contribution in [2.24, 2.45) is 0 Å². The molecular formula is C20H16N6O3. The van der Waals surface area contributed by atoms with Gasteiger partial charge in [0.1, 0.15) is 6.54 Å². The molecular weight excluding hydrogens is 372 g/mol. The van der Waals surface area contributed by atoms with Crippen LogP contribution in [0.5, 0.6) is 0 Å². The summed E-state index contributed by atoms with van der Waals surface area (Å²) in [7, 11) is 0. The van der Waals surface area contributed by atoms with Gasteiger partial charge >= 0.3 is 0 Å². The second-order valence-corrected chi connectivity index (χ2v) is 7.05. The van der Waals surface area contributed by atoms with Crippen molar-refractivity contribution < 1.29 is 14.4 Å². The highest BCUT2D eigenvalue weighted by molar-refractivity contribution is 6.22. The van der Waals surface area contributed by atoms with Gasteiger partial charge in [-0.1, -0.05) is 12.1 Å². The first-order valence-corrected chi connectivity index (χ1v) is 9.25. The molecule has 9 heteroatoms. The summed E-state index contributed by atoms with van der Waals surface area (Å²) >= 11 is 0. The lowest BCUT2D eigenvalue weighted by Gasteiger charge is -2.13. The van der Waals surface area contributed by atoms with Gasteiger partial charge in [0, 0.05) is 11.3 Å². The van der Waals surface area contributed by atoms with Crippen LogP contribution in [-0.2, 0) is 4.79 Å². The molecule has 1 aliphatic heterocycles. The van der Waals surface area contributed by atoms with Gasteiger partial charge in [0.15, 0.2) is 5.82 Å². The summed E-state index contributed by atoms with van der Waals surface area (Å²) in [5.41, 5.74) is 2.05. The van der Waals surface area contributed by atoms with E-state index in [1.165, 1.54) is 0 Å². The highest BCUT2D eigenvalue weighted by Crippen LogP contribution is 2.36. The third kappa shape index (κ3) is 3.06. The maximum Gasteiger partial charge on any atom is 0.262 e. The zero-order valence-electron chi connectivity index (χ0n) is 15.3. The second-order valence-electron chi connectivity index (χ2n) is 7.05. The van der Waals surface area contributed by atoms with Crippen LogP contribution in [-0.4, -0.2) is 49.4 Å². The van der Waals surface area contributed by atoms with Crippen molar-refractivity contribution in [3.63, 3.8) is 0 Å². The molecule has 1 fully saturated rings. The SMILES string of the molecule is O=C(CN1C(=O)c2ccccc2C1=O)Nc1ccc(-c2nnnn2C2CC2)cc1. The summed E-state index contributed by atoms with van der Waals surface area (Å²) in [6, 6.07) is 14.0. The van der Waals surface area contributed by atoms with E-state index in [-0.39, 0.29) is 6.54 Å². The monoisotopic (exact) mass is 388 g/mol. The Morgan fingerprint density at radius 2 is 1.66 bits per heavy atom. The van der Waals surface area contributed by atoms with Crippen molar-refractivity contribution in [1.82, 2.24) is 25.1 Å². The average molecular weight is 388 g/mol. The summed E-state index contributed by atoms with van der Waals surface area (Å²) in [6.07, 6.45) is 2.15. The summed E-state index contributed by atoms with van der Waals surface area (Å²) < 4.78 is 1.82. The number of rotatable bonds is 5. The quantitative estimate of drug-likeness (QED) is 0.669. The van der Waals surface area contributed by atoms with E-state index in [0.717, 1.165) is 23.3 Å². The third-order valence-corrected chi connectivity index (χ3v) is 4.99. The van der Waals surface area contributed by atoms with E-state index in [1.807, 2.05) is 16.8 Å². The molecule has 2 aromatic carbocycles. The van der Waals surface area contributed by atoms with E-state index in [9.17, 15) is 14.4 Å². The van der Waals surface area contributed by atoms with Gasteiger partial charge in [-0.15, -0.1) is 5.10 Å². The van der Waals surface area contributed by atoms with Crippen molar-refractivity contribution >= 4 is 23.4 Å². The molecule has 0 saturated heterocycles. The second kappa shape index (κ2) is 6.62. The molecule has 1 saturated carbocycles.